The molecule has 0 atom stereocenters. The lowest BCUT2D eigenvalue weighted by atomic mass is 10.1. The fourth-order valence-corrected chi connectivity index (χ4v) is 3.37. The van der Waals surface area contributed by atoms with Crippen molar-refractivity contribution in [3.05, 3.63) is 70.0 Å². The molecule has 0 aliphatic rings. The second-order valence-electron chi connectivity index (χ2n) is 5.76. The minimum absolute atomic E-state index is 0.565. The summed E-state index contributed by atoms with van der Waals surface area (Å²) in [6.45, 7) is 4.73. The molecule has 0 amide bonds. The Morgan fingerprint density at radius 2 is 1.85 bits per heavy atom. The maximum Gasteiger partial charge on any atom is 0.134 e. The second-order valence-corrected chi connectivity index (χ2v) is 6.62. The monoisotopic (exact) mass is 360 g/mol. The fraction of sp³-hybridized carbons (Fsp3) is 0.182. The summed E-state index contributed by atoms with van der Waals surface area (Å²) in [6, 6.07) is 18.4. The van der Waals surface area contributed by atoms with E-state index < -0.39 is 0 Å². The van der Waals surface area contributed by atoms with Crippen molar-refractivity contribution in [2.45, 2.75) is 20.3 Å². The number of benzene rings is 2. The van der Waals surface area contributed by atoms with Crippen LogP contribution in [0.2, 0.25) is 0 Å². The Hall–Kier alpha value is -2.90. The molecule has 0 fully saturated rings. The largest absolute Gasteiger partial charge is 0.494 e. The quantitative estimate of drug-likeness (QED) is 0.519. The Morgan fingerprint density at radius 1 is 1.12 bits per heavy atom. The highest BCUT2D eigenvalue weighted by atomic mass is 32.1. The molecule has 1 heterocycles. The van der Waals surface area contributed by atoms with Gasteiger partial charge in [-0.1, -0.05) is 43.3 Å². The summed E-state index contributed by atoms with van der Waals surface area (Å²) in [6.07, 6.45) is 2.88. The lowest BCUT2D eigenvalue weighted by Gasteiger charge is -2.02. The van der Waals surface area contributed by atoms with Gasteiger partial charge in [0.15, 0.2) is 0 Å². The Labute approximate surface area is 158 Å². The van der Waals surface area contributed by atoms with E-state index >= 15 is 0 Å². The molecule has 0 spiro atoms. The summed E-state index contributed by atoms with van der Waals surface area (Å²) in [5, 5.41) is 12.3. The van der Waals surface area contributed by atoms with Crippen molar-refractivity contribution < 1.29 is 4.74 Å². The first kappa shape index (κ1) is 17.9. The molecule has 3 nitrogen and oxygen atoms in total. The molecule has 0 N–H and O–H groups in total. The molecule has 0 bridgehead atoms. The minimum atomic E-state index is 0.565. The summed E-state index contributed by atoms with van der Waals surface area (Å²) in [5.74, 6) is 0.829. The van der Waals surface area contributed by atoms with Crippen molar-refractivity contribution in [3.8, 4) is 23.1 Å². The molecule has 0 unspecified atom stereocenters. The van der Waals surface area contributed by atoms with Gasteiger partial charge >= 0.3 is 0 Å². The van der Waals surface area contributed by atoms with Gasteiger partial charge in [0.1, 0.15) is 16.8 Å². The summed E-state index contributed by atoms with van der Waals surface area (Å²) >= 11 is 1.49. The highest BCUT2D eigenvalue weighted by Gasteiger charge is 2.09. The third-order valence-electron chi connectivity index (χ3n) is 4.02. The number of aryl methyl sites for hydroxylation is 1. The smallest absolute Gasteiger partial charge is 0.134 e. The van der Waals surface area contributed by atoms with Crippen LogP contribution in [-0.2, 0) is 6.42 Å². The van der Waals surface area contributed by atoms with Gasteiger partial charge in [0.2, 0.25) is 0 Å². The van der Waals surface area contributed by atoms with E-state index in [0.29, 0.717) is 12.2 Å². The van der Waals surface area contributed by atoms with Gasteiger partial charge in [-0.3, -0.25) is 0 Å². The van der Waals surface area contributed by atoms with E-state index in [1.165, 1.54) is 16.9 Å². The zero-order valence-corrected chi connectivity index (χ0v) is 15.7. The average Bonchev–Trinajstić information content (AvgIpc) is 3.17. The van der Waals surface area contributed by atoms with E-state index in [-0.39, 0.29) is 0 Å². The van der Waals surface area contributed by atoms with E-state index in [2.05, 4.69) is 42.2 Å². The predicted molar refractivity (Wildman–Crippen MR) is 108 cm³/mol. The fourth-order valence-electron chi connectivity index (χ4n) is 2.58. The zero-order chi connectivity index (χ0) is 18.4. The van der Waals surface area contributed by atoms with Gasteiger partial charge in [-0.25, -0.2) is 4.98 Å². The molecular formula is C22H20N2OS. The lowest BCUT2D eigenvalue weighted by molar-refractivity contribution is 0.340. The number of thiazole rings is 1. The van der Waals surface area contributed by atoms with Crippen LogP contribution < -0.4 is 4.74 Å². The first-order valence-electron chi connectivity index (χ1n) is 8.63. The van der Waals surface area contributed by atoms with Gasteiger partial charge in [-0.2, -0.15) is 5.26 Å². The van der Waals surface area contributed by atoms with Crippen LogP contribution in [0.25, 0.3) is 22.9 Å². The number of allylic oxidation sites excluding steroid dienone is 1. The van der Waals surface area contributed by atoms with Crippen LogP contribution in [-0.4, -0.2) is 11.6 Å². The van der Waals surface area contributed by atoms with Crippen molar-refractivity contribution in [2.24, 2.45) is 0 Å². The van der Waals surface area contributed by atoms with Crippen LogP contribution >= 0.6 is 11.3 Å². The molecule has 2 aromatic carbocycles. The topological polar surface area (TPSA) is 45.9 Å². The van der Waals surface area contributed by atoms with Crippen LogP contribution in [0.3, 0.4) is 0 Å². The Bertz CT molecular complexity index is 932. The zero-order valence-electron chi connectivity index (χ0n) is 14.9. The van der Waals surface area contributed by atoms with Gasteiger partial charge in [-0.15, -0.1) is 11.3 Å². The van der Waals surface area contributed by atoms with Crippen molar-refractivity contribution in [2.75, 3.05) is 6.61 Å². The standard InChI is InChI=1S/C22H20N2OS/c1-3-16-5-9-18(10-6-16)21-15-26-22(24-21)19(14-23)13-17-7-11-20(12-8-17)25-4-2/h5-13,15H,3-4H2,1-2H3. The third-order valence-corrected chi connectivity index (χ3v) is 4.89. The molecule has 3 aromatic rings. The summed E-state index contributed by atoms with van der Waals surface area (Å²) < 4.78 is 5.45. The van der Waals surface area contributed by atoms with E-state index in [9.17, 15) is 5.26 Å². The van der Waals surface area contributed by atoms with Crippen molar-refractivity contribution in [1.29, 1.82) is 5.26 Å². The van der Waals surface area contributed by atoms with E-state index in [1.807, 2.05) is 42.6 Å². The number of hydrogen-bond donors (Lipinski definition) is 0. The summed E-state index contributed by atoms with van der Waals surface area (Å²) in [5.41, 5.74) is 4.80. The van der Waals surface area contributed by atoms with Gasteiger partial charge in [0, 0.05) is 10.9 Å². The maximum atomic E-state index is 9.55. The van der Waals surface area contributed by atoms with Crippen molar-refractivity contribution >= 4 is 23.0 Å². The molecule has 0 aliphatic carbocycles. The SMILES string of the molecule is CCOc1ccc(C=C(C#N)c2nc(-c3ccc(CC)cc3)cs2)cc1. The normalized spacial score (nSPS) is 11.2. The van der Waals surface area contributed by atoms with Crippen LogP contribution in [0.4, 0.5) is 0 Å². The molecule has 0 aliphatic heterocycles. The summed E-state index contributed by atoms with van der Waals surface area (Å²) in [4.78, 5) is 4.65. The van der Waals surface area contributed by atoms with E-state index in [4.69, 9.17) is 4.74 Å². The molecule has 130 valence electrons. The minimum Gasteiger partial charge on any atom is -0.494 e. The predicted octanol–water partition coefficient (Wildman–Crippen LogP) is 5.84. The number of nitriles is 1. The highest BCUT2D eigenvalue weighted by Crippen LogP contribution is 2.27. The number of rotatable bonds is 6. The molecule has 1 aromatic heterocycles. The molecule has 26 heavy (non-hydrogen) atoms. The lowest BCUT2D eigenvalue weighted by Crippen LogP contribution is -1.90. The van der Waals surface area contributed by atoms with E-state index in [1.54, 1.807) is 0 Å². The molecule has 0 saturated carbocycles. The van der Waals surface area contributed by atoms with Crippen molar-refractivity contribution in [3.63, 3.8) is 0 Å². The first-order valence-corrected chi connectivity index (χ1v) is 9.51. The van der Waals surface area contributed by atoms with Gasteiger partial charge in [0.25, 0.3) is 0 Å². The number of hydrogen-bond acceptors (Lipinski definition) is 4. The van der Waals surface area contributed by atoms with Crippen LogP contribution in [0, 0.1) is 11.3 Å². The van der Waals surface area contributed by atoms with Crippen LogP contribution in [0.1, 0.15) is 30.0 Å². The Morgan fingerprint density at radius 3 is 2.46 bits per heavy atom. The third kappa shape index (κ3) is 4.19. The average molecular weight is 360 g/mol. The first-order chi connectivity index (χ1) is 12.7. The number of ether oxygens (including phenoxy) is 1. The van der Waals surface area contributed by atoms with Gasteiger partial charge < -0.3 is 4.74 Å². The van der Waals surface area contributed by atoms with E-state index in [0.717, 1.165) is 34.0 Å². The number of nitrogens with zero attached hydrogens (tertiary/aromatic N) is 2. The van der Waals surface area contributed by atoms with Crippen LogP contribution in [0.15, 0.2) is 53.9 Å². The summed E-state index contributed by atoms with van der Waals surface area (Å²) in [7, 11) is 0. The van der Waals surface area contributed by atoms with Gasteiger partial charge in [-0.05, 0) is 42.7 Å². The Kier molecular flexibility index (Phi) is 5.83. The molecule has 4 heteroatoms. The molecular weight excluding hydrogens is 340 g/mol. The molecule has 3 rings (SSSR count). The van der Waals surface area contributed by atoms with Crippen molar-refractivity contribution in [1.82, 2.24) is 4.98 Å². The number of aromatic nitrogens is 1. The molecule has 0 radical (unpaired) electrons. The second kappa shape index (κ2) is 8.46. The maximum absolute atomic E-state index is 9.55. The molecule has 0 saturated heterocycles. The highest BCUT2D eigenvalue weighted by molar-refractivity contribution is 7.11. The Balaban J connectivity index is 1.84. The van der Waals surface area contributed by atoms with Crippen LogP contribution in [0.5, 0.6) is 5.75 Å². The van der Waals surface area contributed by atoms with Gasteiger partial charge in [0.05, 0.1) is 17.9 Å².